The van der Waals surface area contributed by atoms with Crippen LogP contribution in [0.5, 0.6) is 11.6 Å². The Bertz CT molecular complexity index is 1160. The highest BCUT2D eigenvalue weighted by Crippen LogP contribution is 2.25. The quantitative estimate of drug-likeness (QED) is 0.450. The number of hydrogen-bond donors (Lipinski definition) is 2. The SMILES string of the molecule is C=C(NC(=Nc1ccccc1C(N)=O)c1cc(OC)ccc1C)c1cccnc1OC. The zero-order valence-electron chi connectivity index (χ0n) is 17.7. The summed E-state index contributed by atoms with van der Waals surface area (Å²) in [5, 5.41) is 3.26. The summed E-state index contributed by atoms with van der Waals surface area (Å²) in [6, 6.07) is 16.2. The van der Waals surface area contributed by atoms with Gasteiger partial charge in [0.2, 0.25) is 5.88 Å². The Morgan fingerprint density at radius 3 is 2.48 bits per heavy atom. The number of aliphatic imine (C=N–C) groups is 1. The molecule has 0 unspecified atom stereocenters. The van der Waals surface area contributed by atoms with Crippen LogP contribution in [0.1, 0.15) is 27.0 Å². The van der Waals surface area contributed by atoms with Gasteiger partial charge < -0.3 is 20.5 Å². The fourth-order valence-corrected chi connectivity index (χ4v) is 3.03. The molecule has 0 saturated carbocycles. The zero-order valence-corrected chi connectivity index (χ0v) is 17.7. The minimum Gasteiger partial charge on any atom is -0.497 e. The third kappa shape index (κ3) is 4.90. The average Bonchev–Trinajstić information content (AvgIpc) is 2.79. The van der Waals surface area contributed by atoms with Crippen LogP contribution in [0.15, 0.2) is 72.4 Å². The van der Waals surface area contributed by atoms with Crippen molar-refractivity contribution in [2.24, 2.45) is 10.7 Å². The van der Waals surface area contributed by atoms with Crippen LogP contribution in [0.3, 0.4) is 0 Å². The van der Waals surface area contributed by atoms with Crippen molar-refractivity contribution in [3.63, 3.8) is 0 Å². The van der Waals surface area contributed by atoms with Gasteiger partial charge in [0.25, 0.3) is 5.91 Å². The number of amides is 1. The predicted molar refractivity (Wildman–Crippen MR) is 122 cm³/mol. The number of pyridine rings is 1. The monoisotopic (exact) mass is 416 g/mol. The number of hydrogen-bond acceptors (Lipinski definition) is 5. The van der Waals surface area contributed by atoms with E-state index in [1.807, 2.05) is 31.2 Å². The van der Waals surface area contributed by atoms with Crippen LogP contribution >= 0.6 is 0 Å². The van der Waals surface area contributed by atoms with Crippen molar-refractivity contribution in [1.82, 2.24) is 10.3 Å². The first kappa shape index (κ1) is 21.6. The van der Waals surface area contributed by atoms with Crippen LogP contribution in [0.2, 0.25) is 0 Å². The van der Waals surface area contributed by atoms with E-state index in [0.717, 1.165) is 11.1 Å². The van der Waals surface area contributed by atoms with E-state index in [9.17, 15) is 4.79 Å². The first-order valence-corrected chi connectivity index (χ1v) is 9.52. The molecule has 1 amide bonds. The number of rotatable bonds is 7. The highest BCUT2D eigenvalue weighted by atomic mass is 16.5. The molecule has 1 heterocycles. The average molecular weight is 416 g/mol. The van der Waals surface area contributed by atoms with E-state index in [2.05, 4.69) is 16.9 Å². The van der Waals surface area contributed by atoms with Crippen LogP contribution in [-0.4, -0.2) is 30.9 Å². The molecule has 1 aromatic heterocycles. The molecule has 0 spiro atoms. The smallest absolute Gasteiger partial charge is 0.250 e. The van der Waals surface area contributed by atoms with Crippen LogP contribution in [0.25, 0.3) is 5.70 Å². The van der Waals surface area contributed by atoms with Gasteiger partial charge in [-0.2, -0.15) is 0 Å². The van der Waals surface area contributed by atoms with Gasteiger partial charge in [-0.25, -0.2) is 9.98 Å². The number of nitrogens with one attached hydrogen (secondary N) is 1. The van der Waals surface area contributed by atoms with E-state index in [1.165, 1.54) is 0 Å². The Hall–Kier alpha value is -4.13. The minimum atomic E-state index is -0.561. The molecule has 0 atom stereocenters. The van der Waals surface area contributed by atoms with E-state index in [1.54, 1.807) is 50.7 Å². The van der Waals surface area contributed by atoms with Gasteiger partial charge in [0.15, 0.2) is 0 Å². The molecule has 3 N–H and O–H groups in total. The van der Waals surface area contributed by atoms with Gasteiger partial charge in [0.1, 0.15) is 11.6 Å². The van der Waals surface area contributed by atoms with Gasteiger partial charge in [-0.05, 0) is 48.9 Å². The van der Waals surface area contributed by atoms with E-state index in [4.69, 9.17) is 20.2 Å². The lowest BCUT2D eigenvalue weighted by Gasteiger charge is -2.17. The predicted octanol–water partition coefficient (Wildman–Crippen LogP) is 3.84. The number of aryl methyl sites for hydroxylation is 1. The Morgan fingerprint density at radius 1 is 1.03 bits per heavy atom. The summed E-state index contributed by atoms with van der Waals surface area (Å²) in [6.45, 7) is 6.09. The minimum absolute atomic E-state index is 0.312. The van der Waals surface area contributed by atoms with Gasteiger partial charge >= 0.3 is 0 Å². The fraction of sp³-hybridized carbons (Fsp3) is 0.125. The highest BCUT2D eigenvalue weighted by Gasteiger charge is 2.15. The normalized spacial score (nSPS) is 11.0. The number of carbonyl (C=O) groups excluding carboxylic acids is 1. The van der Waals surface area contributed by atoms with Crippen molar-refractivity contribution < 1.29 is 14.3 Å². The molecule has 31 heavy (non-hydrogen) atoms. The van der Waals surface area contributed by atoms with Crippen LogP contribution < -0.4 is 20.5 Å². The van der Waals surface area contributed by atoms with Gasteiger partial charge in [0, 0.05) is 17.5 Å². The Labute approximate surface area is 181 Å². The molecule has 0 aliphatic heterocycles. The first-order valence-electron chi connectivity index (χ1n) is 9.52. The van der Waals surface area contributed by atoms with Gasteiger partial charge in [-0.15, -0.1) is 0 Å². The zero-order chi connectivity index (χ0) is 22.4. The molecule has 7 nitrogen and oxygen atoms in total. The number of benzene rings is 2. The summed E-state index contributed by atoms with van der Waals surface area (Å²) >= 11 is 0. The third-order valence-electron chi connectivity index (χ3n) is 4.66. The summed E-state index contributed by atoms with van der Waals surface area (Å²) in [6.07, 6.45) is 1.64. The summed E-state index contributed by atoms with van der Waals surface area (Å²) in [5.41, 5.74) is 9.24. The Kier molecular flexibility index (Phi) is 6.67. The number of ether oxygens (including phenoxy) is 2. The van der Waals surface area contributed by atoms with Crippen molar-refractivity contribution >= 4 is 23.1 Å². The second-order valence-corrected chi connectivity index (χ2v) is 6.69. The molecular weight excluding hydrogens is 392 g/mol. The van der Waals surface area contributed by atoms with Crippen molar-refractivity contribution in [2.75, 3.05) is 14.2 Å². The maximum Gasteiger partial charge on any atom is 0.250 e. The standard InChI is InChI=1S/C24H24N4O3/c1-15-11-12-17(30-3)14-20(15)23(28-21-10-6-5-8-19(21)22(25)29)27-16(2)18-9-7-13-26-24(18)31-4/h5-14H,2H2,1,3-4H3,(H2,25,29)(H,27,28). The molecule has 2 aromatic carbocycles. The van der Waals surface area contributed by atoms with E-state index in [-0.39, 0.29) is 0 Å². The Morgan fingerprint density at radius 2 is 1.77 bits per heavy atom. The lowest BCUT2D eigenvalue weighted by Crippen LogP contribution is -2.24. The molecular formula is C24H24N4O3. The number of nitrogens with two attached hydrogens (primary N) is 1. The van der Waals surface area contributed by atoms with Crippen LogP contribution in [0, 0.1) is 6.92 Å². The van der Waals surface area contributed by atoms with Gasteiger partial charge in [0.05, 0.1) is 31.0 Å². The van der Waals surface area contributed by atoms with E-state index >= 15 is 0 Å². The molecule has 7 heteroatoms. The Balaban J connectivity index is 2.14. The summed E-state index contributed by atoms with van der Waals surface area (Å²) < 4.78 is 10.7. The van der Waals surface area contributed by atoms with E-state index < -0.39 is 5.91 Å². The maximum absolute atomic E-state index is 11.9. The van der Waals surface area contributed by atoms with Gasteiger partial charge in [-0.1, -0.05) is 24.8 Å². The molecule has 0 fully saturated rings. The van der Waals surface area contributed by atoms with Crippen molar-refractivity contribution in [2.45, 2.75) is 6.92 Å². The molecule has 0 aliphatic rings. The lowest BCUT2D eigenvalue weighted by molar-refractivity contribution is 0.100. The van der Waals surface area contributed by atoms with Crippen LogP contribution in [0.4, 0.5) is 5.69 Å². The third-order valence-corrected chi connectivity index (χ3v) is 4.66. The highest BCUT2D eigenvalue weighted by molar-refractivity contribution is 6.07. The van der Waals surface area contributed by atoms with Crippen LogP contribution in [-0.2, 0) is 0 Å². The molecule has 0 radical (unpaired) electrons. The number of para-hydroxylation sites is 1. The molecule has 0 saturated heterocycles. The second-order valence-electron chi connectivity index (χ2n) is 6.69. The lowest BCUT2D eigenvalue weighted by atomic mass is 10.1. The number of primary amides is 1. The summed E-state index contributed by atoms with van der Waals surface area (Å²) in [4.78, 5) is 20.9. The molecule has 3 aromatic rings. The van der Waals surface area contributed by atoms with Crippen molar-refractivity contribution in [3.05, 3.63) is 89.6 Å². The summed E-state index contributed by atoms with van der Waals surface area (Å²) in [5.74, 6) is 1.01. The number of carbonyl (C=O) groups is 1. The number of nitrogens with zero attached hydrogens (tertiary/aromatic N) is 2. The number of amidine groups is 1. The second kappa shape index (κ2) is 9.58. The number of methoxy groups -OCH3 is 2. The van der Waals surface area contributed by atoms with Crippen molar-refractivity contribution in [1.29, 1.82) is 0 Å². The maximum atomic E-state index is 11.9. The molecule has 0 aliphatic carbocycles. The van der Waals surface area contributed by atoms with Gasteiger partial charge in [-0.3, -0.25) is 4.79 Å². The molecule has 158 valence electrons. The molecule has 0 bridgehead atoms. The molecule has 3 rings (SSSR count). The van der Waals surface area contributed by atoms with E-state index in [0.29, 0.717) is 40.0 Å². The fourth-order valence-electron chi connectivity index (χ4n) is 3.03. The topological polar surface area (TPSA) is 98.8 Å². The largest absolute Gasteiger partial charge is 0.497 e. The summed E-state index contributed by atoms with van der Waals surface area (Å²) in [7, 11) is 3.14. The first-order chi connectivity index (χ1) is 14.9. The van der Waals surface area contributed by atoms with Crippen molar-refractivity contribution in [3.8, 4) is 11.6 Å². The number of aromatic nitrogens is 1.